The minimum absolute atomic E-state index is 0.179. The summed E-state index contributed by atoms with van der Waals surface area (Å²) in [4.78, 5) is 11.0. The normalized spacial score (nSPS) is 12.6. The molecule has 0 aromatic heterocycles. The number of esters is 1. The Kier molecular flexibility index (Phi) is 6.36. The summed E-state index contributed by atoms with van der Waals surface area (Å²) < 4.78 is 4.79. The molecular formula is C7H16NO2S+. The van der Waals surface area contributed by atoms with E-state index in [0.717, 1.165) is 12.2 Å². The van der Waals surface area contributed by atoms with E-state index in [-0.39, 0.29) is 12.0 Å². The summed E-state index contributed by atoms with van der Waals surface area (Å²) in [5, 5.41) is 0. The molecule has 0 aromatic rings. The van der Waals surface area contributed by atoms with Crippen molar-refractivity contribution in [3.63, 3.8) is 0 Å². The first-order valence-corrected chi connectivity index (χ1v) is 5.10. The molecule has 1 atom stereocenters. The summed E-state index contributed by atoms with van der Waals surface area (Å²) in [7, 11) is 0. The summed E-state index contributed by atoms with van der Waals surface area (Å²) in [6, 6.07) is -0.192. The van der Waals surface area contributed by atoms with E-state index >= 15 is 0 Å². The van der Waals surface area contributed by atoms with E-state index in [1.807, 2.05) is 6.26 Å². The molecule has 0 spiro atoms. The first-order valence-electron chi connectivity index (χ1n) is 3.71. The molecule has 0 saturated carbocycles. The van der Waals surface area contributed by atoms with Crippen molar-refractivity contribution in [1.82, 2.24) is 0 Å². The van der Waals surface area contributed by atoms with Gasteiger partial charge in [-0.1, -0.05) is 0 Å². The second-order valence-corrected chi connectivity index (χ2v) is 3.22. The van der Waals surface area contributed by atoms with Gasteiger partial charge in [0, 0.05) is 6.42 Å². The average Bonchev–Trinajstić information content (AvgIpc) is 2.00. The van der Waals surface area contributed by atoms with E-state index in [4.69, 9.17) is 4.74 Å². The zero-order chi connectivity index (χ0) is 8.69. The lowest BCUT2D eigenvalue weighted by Gasteiger charge is -2.05. The Morgan fingerprint density at radius 1 is 1.73 bits per heavy atom. The van der Waals surface area contributed by atoms with Crippen LogP contribution in [0.3, 0.4) is 0 Å². The maximum absolute atomic E-state index is 11.0. The number of quaternary nitrogens is 1. The average molecular weight is 178 g/mol. The van der Waals surface area contributed by atoms with Gasteiger partial charge < -0.3 is 10.5 Å². The van der Waals surface area contributed by atoms with Crippen molar-refractivity contribution in [2.45, 2.75) is 19.4 Å². The van der Waals surface area contributed by atoms with E-state index < -0.39 is 0 Å². The molecule has 0 rings (SSSR count). The van der Waals surface area contributed by atoms with Crippen LogP contribution in [0.1, 0.15) is 13.3 Å². The molecule has 0 aliphatic heterocycles. The molecule has 11 heavy (non-hydrogen) atoms. The van der Waals surface area contributed by atoms with Crippen LogP contribution in [0, 0.1) is 0 Å². The second-order valence-electron chi connectivity index (χ2n) is 2.23. The summed E-state index contributed by atoms with van der Waals surface area (Å²) in [5.74, 6) is 0.786. The highest BCUT2D eigenvalue weighted by Gasteiger charge is 2.16. The van der Waals surface area contributed by atoms with Gasteiger partial charge in [-0.05, 0) is 18.9 Å². The van der Waals surface area contributed by atoms with Crippen molar-refractivity contribution in [3.8, 4) is 0 Å². The predicted octanol–water partition coefficient (Wildman–Crippen LogP) is -0.0869. The van der Waals surface area contributed by atoms with Crippen molar-refractivity contribution in [1.29, 1.82) is 0 Å². The highest BCUT2D eigenvalue weighted by molar-refractivity contribution is 7.98. The molecule has 0 aromatic carbocycles. The smallest absolute Gasteiger partial charge is 0.364 e. The Morgan fingerprint density at radius 3 is 2.82 bits per heavy atom. The molecule has 1 unspecified atom stereocenters. The van der Waals surface area contributed by atoms with Gasteiger partial charge in [-0.15, -0.1) is 0 Å². The van der Waals surface area contributed by atoms with Crippen molar-refractivity contribution in [2.75, 3.05) is 18.6 Å². The number of carbonyl (C=O) groups is 1. The maximum atomic E-state index is 11.0. The Morgan fingerprint density at radius 2 is 2.36 bits per heavy atom. The molecule has 3 N–H and O–H groups in total. The number of hydrogen-bond acceptors (Lipinski definition) is 3. The van der Waals surface area contributed by atoms with E-state index in [1.54, 1.807) is 18.7 Å². The van der Waals surface area contributed by atoms with Crippen molar-refractivity contribution in [2.24, 2.45) is 0 Å². The topological polar surface area (TPSA) is 53.9 Å². The third-order valence-electron chi connectivity index (χ3n) is 1.29. The van der Waals surface area contributed by atoms with E-state index in [2.05, 4.69) is 5.73 Å². The molecule has 0 saturated heterocycles. The van der Waals surface area contributed by atoms with E-state index in [1.165, 1.54) is 0 Å². The van der Waals surface area contributed by atoms with Gasteiger partial charge in [-0.25, -0.2) is 4.79 Å². The summed E-state index contributed by atoms with van der Waals surface area (Å²) in [6.07, 6.45) is 2.82. The van der Waals surface area contributed by atoms with Crippen molar-refractivity contribution in [3.05, 3.63) is 0 Å². The molecule has 0 bridgehead atoms. The van der Waals surface area contributed by atoms with Crippen LogP contribution in [0.15, 0.2) is 0 Å². The molecule has 0 aliphatic carbocycles. The SMILES string of the molecule is CCOC(=O)C([NH3+])CCSC. The second kappa shape index (κ2) is 6.49. The maximum Gasteiger partial charge on any atom is 0.364 e. The number of ether oxygens (including phenoxy) is 1. The lowest BCUT2D eigenvalue weighted by Crippen LogP contribution is -2.65. The molecule has 66 valence electrons. The first-order chi connectivity index (χ1) is 5.22. The van der Waals surface area contributed by atoms with Crippen LogP contribution in [0.25, 0.3) is 0 Å². The number of rotatable bonds is 5. The van der Waals surface area contributed by atoms with Gasteiger partial charge in [0.05, 0.1) is 6.61 Å². The molecule has 3 nitrogen and oxygen atoms in total. The standard InChI is InChI=1S/C7H15NO2S/c1-3-10-7(9)6(8)4-5-11-2/h6H,3-5,8H2,1-2H3/p+1. The first kappa shape index (κ1) is 10.8. The molecule has 0 heterocycles. The lowest BCUT2D eigenvalue weighted by atomic mass is 10.2. The van der Waals surface area contributed by atoms with Gasteiger partial charge in [0.15, 0.2) is 6.04 Å². The molecule has 0 amide bonds. The molecule has 0 radical (unpaired) electrons. The third-order valence-corrected chi connectivity index (χ3v) is 1.93. The highest BCUT2D eigenvalue weighted by atomic mass is 32.2. The van der Waals surface area contributed by atoms with Crippen molar-refractivity contribution >= 4 is 17.7 Å². The van der Waals surface area contributed by atoms with Crippen LogP contribution < -0.4 is 5.73 Å². The molecule has 0 aliphatic rings. The van der Waals surface area contributed by atoms with Gasteiger partial charge in [-0.3, -0.25) is 0 Å². The van der Waals surface area contributed by atoms with Crippen LogP contribution in [-0.2, 0) is 9.53 Å². The van der Waals surface area contributed by atoms with Gasteiger partial charge in [0.1, 0.15) is 0 Å². The number of hydrogen-bond donors (Lipinski definition) is 1. The Labute approximate surface area is 71.7 Å². The van der Waals surface area contributed by atoms with Crippen LogP contribution in [-0.4, -0.2) is 30.6 Å². The summed E-state index contributed by atoms with van der Waals surface area (Å²) >= 11 is 1.72. The zero-order valence-electron chi connectivity index (χ0n) is 7.13. The fourth-order valence-electron chi connectivity index (χ4n) is 0.638. The highest BCUT2D eigenvalue weighted by Crippen LogP contribution is 1.98. The van der Waals surface area contributed by atoms with E-state index in [0.29, 0.717) is 6.61 Å². The van der Waals surface area contributed by atoms with Crippen LogP contribution in [0.4, 0.5) is 0 Å². The Hall–Kier alpha value is -0.220. The van der Waals surface area contributed by atoms with Crippen LogP contribution in [0.2, 0.25) is 0 Å². The fourth-order valence-corrected chi connectivity index (χ4v) is 1.16. The van der Waals surface area contributed by atoms with Gasteiger partial charge in [0.25, 0.3) is 0 Å². The minimum Gasteiger partial charge on any atom is -0.462 e. The fraction of sp³-hybridized carbons (Fsp3) is 0.857. The van der Waals surface area contributed by atoms with Gasteiger partial charge in [0.2, 0.25) is 0 Å². The summed E-state index contributed by atoms with van der Waals surface area (Å²) in [5.41, 5.74) is 3.71. The predicted molar refractivity (Wildman–Crippen MR) is 46.3 cm³/mol. The van der Waals surface area contributed by atoms with Crippen LogP contribution in [0.5, 0.6) is 0 Å². The Balaban J connectivity index is 3.46. The summed E-state index contributed by atoms with van der Waals surface area (Å²) in [6.45, 7) is 2.25. The number of carbonyl (C=O) groups excluding carboxylic acids is 1. The molecule has 4 heteroatoms. The zero-order valence-corrected chi connectivity index (χ0v) is 7.95. The number of thioether (sulfide) groups is 1. The molecule has 0 fully saturated rings. The van der Waals surface area contributed by atoms with Crippen LogP contribution >= 0.6 is 11.8 Å². The largest absolute Gasteiger partial charge is 0.462 e. The monoisotopic (exact) mass is 178 g/mol. The lowest BCUT2D eigenvalue weighted by molar-refractivity contribution is -0.408. The van der Waals surface area contributed by atoms with Gasteiger partial charge >= 0.3 is 5.97 Å². The quantitative estimate of drug-likeness (QED) is 0.599. The van der Waals surface area contributed by atoms with Crippen molar-refractivity contribution < 1.29 is 15.3 Å². The Bertz CT molecular complexity index is 119. The van der Waals surface area contributed by atoms with E-state index in [9.17, 15) is 4.79 Å². The third kappa shape index (κ3) is 5.09. The minimum atomic E-state index is -0.192. The molecular weight excluding hydrogens is 162 g/mol. The van der Waals surface area contributed by atoms with Gasteiger partial charge in [-0.2, -0.15) is 11.8 Å².